The molecule has 54 heavy (non-hydrogen) atoms. The van der Waals surface area contributed by atoms with Gasteiger partial charge >= 0.3 is 12.1 Å². The minimum Gasteiger partial charge on any atom is -0.463 e. The lowest BCUT2D eigenvalue weighted by molar-refractivity contribution is 0.0356. The van der Waals surface area contributed by atoms with E-state index in [2.05, 4.69) is 63.6 Å². The summed E-state index contributed by atoms with van der Waals surface area (Å²) in [5.74, 6) is 0.907. The van der Waals surface area contributed by atoms with Gasteiger partial charge in [0.2, 0.25) is 0 Å². The second kappa shape index (κ2) is 17.5. The maximum Gasteiger partial charge on any atom is 0.410 e. The number of fused-ring (bicyclic) bond motifs is 2. The molecule has 14 heteroatoms. The topological polar surface area (TPSA) is 121 Å². The van der Waals surface area contributed by atoms with Crippen LogP contribution in [0.2, 0.25) is 25.7 Å². The number of morpholine rings is 1. The number of carbonyl (C=O) groups excluding carboxylic acids is 1. The van der Waals surface area contributed by atoms with Crippen molar-refractivity contribution in [3.8, 4) is 6.01 Å². The summed E-state index contributed by atoms with van der Waals surface area (Å²) in [4.78, 5) is 32.0. The van der Waals surface area contributed by atoms with E-state index in [1.54, 1.807) is 4.90 Å². The van der Waals surface area contributed by atoms with Crippen molar-refractivity contribution >= 4 is 36.6 Å². The number of aromatic amines is 1. The molecule has 3 aliphatic rings. The molecule has 5 heterocycles. The number of hydrogen-bond acceptors (Lipinski definition) is 11. The number of nitrogens with one attached hydrogen (secondary N) is 1. The summed E-state index contributed by atoms with van der Waals surface area (Å²) in [6.07, 6.45) is 3.23. The molecule has 2 aromatic heterocycles. The van der Waals surface area contributed by atoms with Gasteiger partial charge < -0.3 is 33.6 Å². The van der Waals surface area contributed by atoms with Crippen LogP contribution in [-0.2, 0) is 33.8 Å². The molecule has 0 aliphatic carbocycles. The Morgan fingerprint density at radius 1 is 0.944 bits per heavy atom. The zero-order chi connectivity index (χ0) is 37.5. The van der Waals surface area contributed by atoms with Crippen LogP contribution in [0.4, 0.5) is 16.3 Å². The molecule has 1 N–H and O–H groups in total. The van der Waals surface area contributed by atoms with Crippen molar-refractivity contribution in [2.45, 2.75) is 64.7 Å². The van der Waals surface area contributed by atoms with Crippen molar-refractivity contribution in [1.29, 1.82) is 0 Å². The normalized spacial score (nSPS) is 17.4. The SMILES string of the molecule is C[C@H](OCC[Si](C)(C)C)c1ccc2[nH]ncc2c1N1CCc2c(nc(OCCCN3CCOCC3)nc2N2CCN(C(=O)OCc3ccccc3)CC2)C1. The molecule has 3 aliphatic heterocycles. The quantitative estimate of drug-likeness (QED) is 0.123. The molecule has 0 radical (unpaired) electrons. The molecule has 0 bridgehead atoms. The van der Waals surface area contributed by atoms with Crippen LogP contribution in [0.15, 0.2) is 48.7 Å². The van der Waals surface area contributed by atoms with E-state index < -0.39 is 8.07 Å². The maximum absolute atomic E-state index is 13.0. The van der Waals surface area contributed by atoms with E-state index in [9.17, 15) is 4.79 Å². The van der Waals surface area contributed by atoms with E-state index in [0.29, 0.717) is 45.3 Å². The molecule has 2 saturated heterocycles. The highest BCUT2D eigenvalue weighted by atomic mass is 28.3. The lowest BCUT2D eigenvalue weighted by Gasteiger charge is -2.38. The van der Waals surface area contributed by atoms with Crippen molar-refractivity contribution < 1.29 is 23.7 Å². The van der Waals surface area contributed by atoms with E-state index in [4.69, 9.17) is 28.9 Å². The highest BCUT2D eigenvalue weighted by Gasteiger charge is 2.31. The third-order valence-electron chi connectivity index (χ3n) is 10.6. The van der Waals surface area contributed by atoms with Crippen LogP contribution in [0.3, 0.4) is 0 Å². The van der Waals surface area contributed by atoms with Crippen LogP contribution >= 0.6 is 0 Å². The lowest BCUT2D eigenvalue weighted by atomic mass is 9.99. The first kappa shape index (κ1) is 38.0. The van der Waals surface area contributed by atoms with Gasteiger partial charge in [-0.2, -0.15) is 15.1 Å². The van der Waals surface area contributed by atoms with Crippen LogP contribution in [-0.4, -0.2) is 123 Å². The smallest absolute Gasteiger partial charge is 0.410 e. The average Bonchev–Trinajstić information content (AvgIpc) is 3.67. The molecule has 1 atom stereocenters. The fraction of sp³-hybridized carbons (Fsp3) is 0.550. The summed E-state index contributed by atoms with van der Waals surface area (Å²) < 4.78 is 24.0. The Morgan fingerprint density at radius 2 is 1.74 bits per heavy atom. The minimum atomic E-state index is -1.23. The highest BCUT2D eigenvalue weighted by Crippen LogP contribution is 2.39. The van der Waals surface area contributed by atoms with Crippen molar-refractivity contribution in [2.75, 3.05) is 88.6 Å². The number of aromatic nitrogens is 4. The van der Waals surface area contributed by atoms with Crippen molar-refractivity contribution in [1.82, 2.24) is 30.0 Å². The minimum absolute atomic E-state index is 0.0703. The number of hydrogen-bond donors (Lipinski definition) is 1. The predicted octanol–water partition coefficient (Wildman–Crippen LogP) is 5.89. The van der Waals surface area contributed by atoms with E-state index in [1.165, 1.54) is 0 Å². The molecular weight excluding hydrogens is 701 g/mol. The van der Waals surface area contributed by atoms with Crippen molar-refractivity contribution in [2.24, 2.45) is 0 Å². The van der Waals surface area contributed by atoms with Gasteiger partial charge in [-0.1, -0.05) is 56.0 Å². The van der Waals surface area contributed by atoms with Gasteiger partial charge in [0.05, 0.1) is 55.6 Å². The second-order valence-electron chi connectivity index (χ2n) is 15.8. The Kier molecular flexibility index (Phi) is 12.3. The Hall–Kier alpha value is -4.24. The van der Waals surface area contributed by atoms with Gasteiger partial charge in [0.1, 0.15) is 12.4 Å². The zero-order valence-electron chi connectivity index (χ0n) is 32.4. The van der Waals surface area contributed by atoms with Gasteiger partial charge in [-0.3, -0.25) is 10.00 Å². The fourth-order valence-corrected chi connectivity index (χ4v) is 8.16. The first-order valence-corrected chi connectivity index (χ1v) is 23.3. The molecule has 4 aromatic rings. The zero-order valence-corrected chi connectivity index (χ0v) is 33.4. The van der Waals surface area contributed by atoms with E-state index >= 15 is 0 Å². The van der Waals surface area contributed by atoms with Gasteiger partial charge in [0.15, 0.2) is 0 Å². The summed E-state index contributed by atoms with van der Waals surface area (Å²) in [5, 5.41) is 8.68. The van der Waals surface area contributed by atoms with E-state index in [0.717, 1.165) is 110 Å². The Balaban J connectivity index is 1.09. The number of rotatable bonds is 14. The van der Waals surface area contributed by atoms with E-state index in [1.807, 2.05) is 36.5 Å². The standard InChI is InChI=1S/C40H56N8O5Si/c1-30(51-25-26-54(2,3)4)32-11-12-35-34(27-41-44-35)37(32)48-15-13-33-36(28-48)42-39(52-22-8-14-45-20-23-50-24-21-45)43-38(33)46-16-18-47(19-17-46)40(49)53-29-31-9-6-5-7-10-31/h5-7,9-12,27,30H,8,13-26,28-29H2,1-4H3,(H,41,44)/t30-/m0/s1. The first-order valence-electron chi connectivity index (χ1n) is 19.6. The molecular formula is C40H56N8O5Si. The lowest BCUT2D eigenvalue weighted by Crippen LogP contribution is -2.49. The number of piperazine rings is 1. The van der Waals surface area contributed by atoms with Crippen LogP contribution in [0.5, 0.6) is 6.01 Å². The van der Waals surface area contributed by atoms with Gasteiger partial charge in [-0.05, 0) is 37.4 Å². The number of amides is 1. The second-order valence-corrected chi connectivity index (χ2v) is 21.4. The summed E-state index contributed by atoms with van der Waals surface area (Å²) in [6.45, 7) is 19.1. The third-order valence-corrected chi connectivity index (χ3v) is 12.3. The molecule has 7 rings (SSSR count). The summed E-state index contributed by atoms with van der Waals surface area (Å²) in [5.41, 5.74) is 6.39. The van der Waals surface area contributed by atoms with E-state index in [-0.39, 0.29) is 18.8 Å². The van der Waals surface area contributed by atoms with Crippen molar-refractivity contribution in [3.63, 3.8) is 0 Å². The third kappa shape index (κ3) is 9.51. The number of anilines is 2. The van der Waals surface area contributed by atoms with Crippen LogP contribution in [0, 0.1) is 0 Å². The monoisotopic (exact) mass is 756 g/mol. The molecule has 0 saturated carbocycles. The highest BCUT2D eigenvalue weighted by molar-refractivity contribution is 6.76. The first-order chi connectivity index (χ1) is 26.2. The maximum atomic E-state index is 13.0. The molecule has 0 spiro atoms. The van der Waals surface area contributed by atoms with Crippen molar-refractivity contribution in [3.05, 3.63) is 71.0 Å². The van der Waals surface area contributed by atoms with Gasteiger partial charge in [-0.25, -0.2) is 4.79 Å². The summed E-state index contributed by atoms with van der Waals surface area (Å²) in [6, 6.07) is 15.6. The Morgan fingerprint density at radius 3 is 2.52 bits per heavy atom. The molecule has 1 amide bonds. The Bertz CT molecular complexity index is 1840. The Labute approximate surface area is 319 Å². The summed E-state index contributed by atoms with van der Waals surface area (Å²) >= 11 is 0. The fourth-order valence-electron chi connectivity index (χ4n) is 7.43. The molecule has 290 valence electrons. The van der Waals surface area contributed by atoms with Crippen LogP contribution in [0.25, 0.3) is 10.9 Å². The average molecular weight is 757 g/mol. The molecule has 2 fully saturated rings. The number of ether oxygens (including phenoxy) is 4. The van der Waals surface area contributed by atoms with Crippen LogP contribution in [0.1, 0.15) is 41.8 Å². The number of nitrogens with zero attached hydrogens (tertiary/aromatic N) is 7. The molecule has 2 aromatic carbocycles. The molecule has 13 nitrogen and oxygen atoms in total. The predicted molar refractivity (Wildman–Crippen MR) is 213 cm³/mol. The number of carbonyl (C=O) groups is 1. The van der Waals surface area contributed by atoms with Gasteiger partial charge in [0, 0.05) is 83.6 Å². The van der Waals surface area contributed by atoms with Gasteiger partial charge in [0.25, 0.3) is 0 Å². The number of H-pyrrole nitrogens is 1. The summed E-state index contributed by atoms with van der Waals surface area (Å²) in [7, 11) is -1.23. The molecule has 0 unspecified atom stereocenters. The number of benzene rings is 2. The van der Waals surface area contributed by atoms with Crippen LogP contribution < -0.4 is 14.5 Å². The largest absolute Gasteiger partial charge is 0.463 e. The van der Waals surface area contributed by atoms with Gasteiger partial charge in [-0.15, -0.1) is 0 Å².